The van der Waals surface area contributed by atoms with Gasteiger partial charge in [-0.3, -0.25) is 9.36 Å². The Bertz CT molecular complexity index is 1060. The van der Waals surface area contributed by atoms with E-state index < -0.39 is 17.6 Å². The molecule has 0 radical (unpaired) electrons. The van der Waals surface area contributed by atoms with Crippen molar-refractivity contribution in [1.82, 2.24) is 29.8 Å². The number of nitrogens with zero attached hydrogens (tertiary/aromatic N) is 6. The normalized spacial score (nSPS) is 18.7. The van der Waals surface area contributed by atoms with Crippen LogP contribution in [0.3, 0.4) is 0 Å². The van der Waals surface area contributed by atoms with Crippen LogP contribution in [0.4, 0.5) is 0 Å². The molecule has 1 N–H and O–H groups in total. The number of halogens is 1. The highest BCUT2D eigenvalue weighted by atomic mass is 35.5. The first-order chi connectivity index (χ1) is 12.5. The summed E-state index contributed by atoms with van der Waals surface area (Å²) >= 11 is 6.12. The van der Waals surface area contributed by atoms with Crippen LogP contribution in [0.15, 0.2) is 35.4 Å². The molecular weight excluding hydrogens is 360 g/mol. The number of hydrogen-bond donors (Lipinski definition) is 1. The summed E-state index contributed by atoms with van der Waals surface area (Å²) in [6.07, 6.45) is 1.83. The number of aliphatic carboxylic acids is 1. The molecule has 132 valence electrons. The minimum atomic E-state index is -1.04. The lowest BCUT2D eigenvalue weighted by Crippen LogP contribution is -2.30. The highest BCUT2D eigenvalue weighted by molar-refractivity contribution is 6.31. The van der Waals surface area contributed by atoms with Crippen LogP contribution in [-0.4, -0.2) is 40.8 Å². The van der Waals surface area contributed by atoms with Gasteiger partial charge in [-0.1, -0.05) is 18.5 Å². The van der Waals surface area contributed by atoms with E-state index in [4.69, 9.17) is 11.6 Å². The Morgan fingerprint density at radius 1 is 1.35 bits per heavy atom. The molecule has 10 heteroatoms. The number of benzene rings is 1. The first-order valence-corrected chi connectivity index (χ1v) is 8.22. The third-order valence-electron chi connectivity index (χ3n) is 4.43. The minimum absolute atomic E-state index is 0.221. The summed E-state index contributed by atoms with van der Waals surface area (Å²) in [4.78, 5) is 28.7. The Balaban J connectivity index is 1.91. The van der Waals surface area contributed by atoms with Crippen LogP contribution >= 0.6 is 11.6 Å². The Morgan fingerprint density at radius 2 is 2.15 bits per heavy atom. The fraction of sp³-hybridized carbons (Fsp3) is 0.250. The van der Waals surface area contributed by atoms with Crippen LogP contribution in [0, 0.1) is 5.92 Å². The molecule has 0 saturated heterocycles. The van der Waals surface area contributed by atoms with E-state index in [1.807, 2.05) is 0 Å². The Hall–Kier alpha value is -3.07. The van der Waals surface area contributed by atoms with Crippen molar-refractivity contribution in [3.05, 3.63) is 51.8 Å². The molecule has 4 rings (SSSR count). The third-order valence-corrected chi connectivity index (χ3v) is 4.67. The second-order valence-electron chi connectivity index (χ2n) is 6.15. The second kappa shape index (κ2) is 6.03. The number of carboxylic acids is 1. The first kappa shape index (κ1) is 16.4. The van der Waals surface area contributed by atoms with Crippen LogP contribution in [0.5, 0.6) is 0 Å². The van der Waals surface area contributed by atoms with E-state index >= 15 is 0 Å². The average molecular weight is 373 g/mol. The molecule has 0 saturated carbocycles. The highest BCUT2D eigenvalue weighted by Gasteiger charge is 2.36. The number of carboxylic acid groups (broad SMARTS) is 1. The smallest absolute Gasteiger partial charge is 0.327 e. The molecule has 1 aliphatic heterocycles. The maximum absolute atomic E-state index is 12.6. The van der Waals surface area contributed by atoms with Crippen molar-refractivity contribution in [2.24, 2.45) is 5.92 Å². The van der Waals surface area contributed by atoms with Gasteiger partial charge in [0, 0.05) is 23.1 Å². The zero-order chi connectivity index (χ0) is 18.4. The third kappa shape index (κ3) is 2.57. The van der Waals surface area contributed by atoms with E-state index in [2.05, 4.69) is 20.5 Å². The standard InChI is InChI=1S/C16H13ClN6O3/c1-8-4-13-19-11(6-14(24)23(13)15(8)16(25)26)10-5-9(17)2-3-12(10)22-7-18-20-21-22/h2-3,5-8,15H,4H2,1H3,(H,25,26)/t8-,15-/m0/s1. The quantitative estimate of drug-likeness (QED) is 0.737. The Morgan fingerprint density at radius 3 is 2.85 bits per heavy atom. The molecule has 1 aliphatic rings. The summed E-state index contributed by atoms with van der Waals surface area (Å²) < 4.78 is 2.69. The molecule has 0 fully saturated rings. The summed E-state index contributed by atoms with van der Waals surface area (Å²) in [5.41, 5.74) is 1.17. The topological polar surface area (TPSA) is 116 Å². The second-order valence-corrected chi connectivity index (χ2v) is 6.58. The maximum atomic E-state index is 12.6. The number of aromatic nitrogens is 6. The van der Waals surface area contributed by atoms with E-state index in [1.54, 1.807) is 25.1 Å². The van der Waals surface area contributed by atoms with Gasteiger partial charge in [-0.15, -0.1) is 5.10 Å². The molecule has 1 aromatic carbocycles. The number of fused-ring (bicyclic) bond motifs is 1. The molecule has 0 unspecified atom stereocenters. The van der Waals surface area contributed by atoms with E-state index in [-0.39, 0.29) is 5.92 Å². The van der Waals surface area contributed by atoms with Gasteiger partial charge < -0.3 is 5.11 Å². The van der Waals surface area contributed by atoms with E-state index in [0.717, 1.165) is 0 Å². The molecule has 0 amide bonds. The maximum Gasteiger partial charge on any atom is 0.327 e. The van der Waals surface area contributed by atoms with Crippen LogP contribution in [-0.2, 0) is 11.2 Å². The highest BCUT2D eigenvalue weighted by Crippen LogP contribution is 2.32. The summed E-state index contributed by atoms with van der Waals surface area (Å²) in [6.45, 7) is 1.79. The van der Waals surface area contributed by atoms with E-state index in [9.17, 15) is 14.7 Å². The van der Waals surface area contributed by atoms with Crippen molar-refractivity contribution >= 4 is 17.6 Å². The van der Waals surface area contributed by atoms with Crippen molar-refractivity contribution in [3.8, 4) is 16.9 Å². The molecular formula is C16H13ClN6O3. The molecule has 0 spiro atoms. The predicted octanol–water partition coefficient (Wildman–Crippen LogP) is 1.36. The lowest BCUT2D eigenvalue weighted by atomic mass is 10.0. The van der Waals surface area contributed by atoms with Gasteiger partial charge in [-0.2, -0.15) is 4.68 Å². The molecule has 2 atom stereocenters. The summed E-state index contributed by atoms with van der Waals surface area (Å²) in [7, 11) is 0. The van der Waals surface area contributed by atoms with E-state index in [0.29, 0.717) is 34.2 Å². The van der Waals surface area contributed by atoms with Gasteiger partial charge in [0.05, 0.1) is 11.4 Å². The Kier molecular flexibility index (Phi) is 3.80. The van der Waals surface area contributed by atoms with Gasteiger partial charge in [0.1, 0.15) is 18.2 Å². The molecule has 26 heavy (non-hydrogen) atoms. The van der Waals surface area contributed by atoms with Crippen LogP contribution in [0.25, 0.3) is 16.9 Å². The summed E-state index contributed by atoms with van der Waals surface area (Å²) in [5.74, 6) is -0.818. The van der Waals surface area contributed by atoms with Crippen LogP contribution < -0.4 is 5.56 Å². The lowest BCUT2D eigenvalue weighted by molar-refractivity contribution is -0.141. The zero-order valence-electron chi connectivity index (χ0n) is 13.6. The van der Waals surface area contributed by atoms with Gasteiger partial charge in [-0.25, -0.2) is 9.78 Å². The number of rotatable bonds is 3. The number of tetrazole rings is 1. The van der Waals surface area contributed by atoms with Crippen molar-refractivity contribution in [3.63, 3.8) is 0 Å². The number of hydrogen-bond acceptors (Lipinski definition) is 6. The van der Waals surface area contributed by atoms with Crippen LogP contribution in [0.1, 0.15) is 18.8 Å². The van der Waals surface area contributed by atoms with Crippen molar-refractivity contribution in [1.29, 1.82) is 0 Å². The van der Waals surface area contributed by atoms with Gasteiger partial charge in [0.2, 0.25) is 0 Å². The van der Waals surface area contributed by atoms with Crippen molar-refractivity contribution in [2.45, 2.75) is 19.4 Å². The molecule has 0 aliphatic carbocycles. The first-order valence-electron chi connectivity index (χ1n) is 7.84. The van der Waals surface area contributed by atoms with Crippen LogP contribution in [0.2, 0.25) is 5.02 Å². The van der Waals surface area contributed by atoms with Gasteiger partial charge >= 0.3 is 5.97 Å². The zero-order valence-corrected chi connectivity index (χ0v) is 14.3. The summed E-state index contributed by atoms with van der Waals surface area (Å²) in [6, 6.07) is 5.49. The van der Waals surface area contributed by atoms with Crippen molar-refractivity contribution in [2.75, 3.05) is 0 Å². The number of carbonyl (C=O) groups is 1. The largest absolute Gasteiger partial charge is 0.480 e. The monoisotopic (exact) mass is 372 g/mol. The average Bonchev–Trinajstić information content (AvgIpc) is 3.21. The van der Waals surface area contributed by atoms with Gasteiger partial charge in [0.15, 0.2) is 0 Å². The predicted molar refractivity (Wildman–Crippen MR) is 91.2 cm³/mol. The molecule has 2 aromatic heterocycles. The molecule has 3 aromatic rings. The van der Waals surface area contributed by atoms with E-state index in [1.165, 1.54) is 21.6 Å². The Labute approximate surface area is 151 Å². The molecule has 0 bridgehead atoms. The fourth-order valence-corrected chi connectivity index (χ4v) is 3.48. The summed E-state index contributed by atoms with van der Waals surface area (Å²) in [5, 5.41) is 21.0. The fourth-order valence-electron chi connectivity index (χ4n) is 3.31. The minimum Gasteiger partial charge on any atom is -0.480 e. The van der Waals surface area contributed by atoms with Crippen molar-refractivity contribution < 1.29 is 9.90 Å². The lowest BCUT2D eigenvalue weighted by Gasteiger charge is -2.14. The van der Waals surface area contributed by atoms with Gasteiger partial charge in [0.25, 0.3) is 5.56 Å². The molecule has 3 heterocycles. The van der Waals surface area contributed by atoms with Gasteiger partial charge in [-0.05, 0) is 34.5 Å². The SMILES string of the molecule is C[C@H]1Cc2nc(-c3cc(Cl)ccc3-n3cnnn3)cc(=O)n2[C@@H]1C(=O)O. The molecule has 9 nitrogen and oxygen atoms in total.